The zero-order chi connectivity index (χ0) is 17.8. The summed E-state index contributed by atoms with van der Waals surface area (Å²) >= 11 is 0. The molecule has 0 aromatic heterocycles. The summed E-state index contributed by atoms with van der Waals surface area (Å²) in [4.78, 5) is 24.3. The van der Waals surface area contributed by atoms with E-state index >= 15 is 0 Å². The van der Waals surface area contributed by atoms with E-state index < -0.39 is 17.5 Å². The number of carboxylic acids is 1. The van der Waals surface area contributed by atoms with E-state index in [2.05, 4.69) is 26.1 Å². The molecule has 2 N–H and O–H groups in total. The van der Waals surface area contributed by atoms with E-state index in [-0.39, 0.29) is 10.8 Å². The minimum absolute atomic E-state index is 0.0657. The minimum Gasteiger partial charge on any atom is -0.481 e. The number of hydrogen-bond acceptors (Lipinski definition) is 3. The molecule has 3 rings (SSSR count). The Balaban J connectivity index is 2.19. The maximum atomic E-state index is 12.6. The SMILES string of the molecule is COC(=O)Nc1ccccc1C1(C(=O)O)C[C@H]2CC[C@]1(C)C2(C)C. The fourth-order valence-corrected chi connectivity index (χ4v) is 5.28. The lowest BCUT2D eigenvalue weighted by Crippen LogP contribution is -2.50. The molecule has 1 unspecified atom stereocenters. The number of methoxy groups -OCH3 is 1. The number of carboxylic acid groups (broad SMARTS) is 1. The molecule has 0 spiro atoms. The van der Waals surface area contributed by atoms with Crippen molar-refractivity contribution in [2.75, 3.05) is 12.4 Å². The summed E-state index contributed by atoms with van der Waals surface area (Å²) in [6, 6.07) is 7.22. The molecular weight excluding hydrogens is 306 g/mol. The number of ether oxygens (including phenoxy) is 1. The monoisotopic (exact) mass is 331 g/mol. The van der Waals surface area contributed by atoms with Gasteiger partial charge in [0.25, 0.3) is 0 Å². The molecule has 2 aliphatic rings. The normalized spacial score (nSPS) is 33.2. The number of nitrogens with one attached hydrogen (secondary N) is 1. The second-order valence-electron chi connectivity index (χ2n) is 7.87. The van der Waals surface area contributed by atoms with Gasteiger partial charge in [0.05, 0.1) is 7.11 Å². The van der Waals surface area contributed by atoms with Crippen LogP contribution in [0.1, 0.15) is 45.6 Å². The number of para-hydroxylation sites is 1. The lowest BCUT2D eigenvalue weighted by Gasteiger charge is -2.46. The van der Waals surface area contributed by atoms with Gasteiger partial charge in [-0.3, -0.25) is 10.1 Å². The average Bonchev–Trinajstić information content (AvgIpc) is 2.87. The first-order valence-corrected chi connectivity index (χ1v) is 8.38. The Labute approximate surface area is 142 Å². The molecule has 130 valence electrons. The van der Waals surface area contributed by atoms with Gasteiger partial charge in [0.2, 0.25) is 0 Å². The number of aliphatic carboxylic acids is 1. The van der Waals surface area contributed by atoms with Crippen LogP contribution in [0.25, 0.3) is 0 Å². The van der Waals surface area contributed by atoms with E-state index in [0.717, 1.165) is 12.8 Å². The first kappa shape index (κ1) is 16.8. The molecule has 0 radical (unpaired) electrons. The number of anilines is 1. The van der Waals surface area contributed by atoms with Crippen molar-refractivity contribution in [3.8, 4) is 0 Å². The number of fused-ring (bicyclic) bond motifs is 2. The van der Waals surface area contributed by atoms with E-state index in [1.807, 2.05) is 12.1 Å². The smallest absolute Gasteiger partial charge is 0.411 e. The van der Waals surface area contributed by atoms with Gasteiger partial charge in [-0.25, -0.2) is 4.79 Å². The maximum absolute atomic E-state index is 12.6. The van der Waals surface area contributed by atoms with Gasteiger partial charge in [-0.2, -0.15) is 0 Å². The van der Waals surface area contributed by atoms with Gasteiger partial charge < -0.3 is 9.84 Å². The van der Waals surface area contributed by atoms with Gasteiger partial charge >= 0.3 is 12.1 Å². The molecule has 2 fully saturated rings. The minimum atomic E-state index is -1.00. The molecule has 1 amide bonds. The molecule has 1 aromatic carbocycles. The number of amides is 1. The molecule has 0 saturated heterocycles. The molecule has 2 aliphatic carbocycles. The fraction of sp³-hybridized carbons (Fsp3) is 0.579. The van der Waals surface area contributed by atoms with Crippen molar-refractivity contribution >= 4 is 17.7 Å². The largest absolute Gasteiger partial charge is 0.481 e. The zero-order valence-electron chi connectivity index (χ0n) is 14.7. The van der Waals surface area contributed by atoms with Crippen LogP contribution in [0.5, 0.6) is 0 Å². The van der Waals surface area contributed by atoms with E-state index in [9.17, 15) is 14.7 Å². The topological polar surface area (TPSA) is 75.6 Å². The van der Waals surface area contributed by atoms with Gasteiger partial charge in [0.15, 0.2) is 0 Å². The summed E-state index contributed by atoms with van der Waals surface area (Å²) in [5, 5.41) is 13.0. The van der Waals surface area contributed by atoms with Crippen LogP contribution in [0.15, 0.2) is 24.3 Å². The Bertz CT molecular complexity index is 698. The highest BCUT2D eigenvalue weighted by molar-refractivity contribution is 5.91. The van der Waals surface area contributed by atoms with Crippen LogP contribution in [0.4, 0.5) is 10.5 Å². The Kier molecular flexibility index (Phi) is 3.66. The first-order chi connectivity index (χ1) is 11.2. The second-order valence-corrected chi connectivity index (χ2v) is 7.87. The molecule has 2 saturated carbocycles. The lowest BCUT2D eigenvalue weighted by molar-refractivity contribution is -0.150. The van der Waals surface area contributed by atoms with Crippen molar-refractivity contribution in [2.45, 2.75) is 45.4 Å². The third-order valence-electron chi connectivity index (χ3n) is 7.10. The second kappa shape index (κ2) is 5.23. The average molecular weight is 331 g/mol. The van der Waals surface area contributed by atoms with Crippen LogP contribution >= 0.6 is 0 Å². The maximum Gasteiger partial charge on any atom is 0.411 e. The van der Waals surface area contributed by atoms with Crippen molar-refractivity contribution in [1.82, 2.24) is 0 Å². The van der Waals surface area contributed by atoms with Gasteiger partial charge in [-0.1, -0.05) is 39.0 Å². The van der Waals surface area contributed by atoms with Crippen LogP contribution < -0.4 is 5.32 Å². The Morgan fingerprint density at radius 1 is 1.25 bits per heavy atom. The number of carbonyl (C=O) groups excluding carboxylic acids is 1. The zero-order valence-corrected chi connectivity index (χ0v) is 14.7. The summed E-state index contributed by atoms with van der Waals surface area (Å²) in [6.07, 6.45) is 1.95. The molecule has 2 bridgehead atoms. The van der Waals surface area contributed by atoms with Crippen LogP contribution in [-0.4, -0.2) is 24.3 Å². The van der Waals surface area contributed by atoms with E-state index in [1.165, 1.54) is 7.11 Å². The number of hydrogen-bond donors (Lipinski definition) is 2. The Morgan fingerprint density at radius 3 is 2.42 bits per heavy atom. The molecule has 1 aromatic rings. The van der Waals surface area contributed by atoms with Gasteiger partial charge in [0, 0.05) is 5.69 Å². The summed E-state index contributed by atoms with van der Waals surface area (Å²) in [6.45, 7) is 6.47. The fourth-order valence-electron chi connectivity index (χ4n) is 5.28. The third-order valence-corrected chi connectivity index (χ3v) is 7.10. The first-order valence-electron chi connectivity index (χ1n) is 8.38. The van der Waals surface area contributed by atoms with Gasteiger partial charge in [-0.15, -0.1) is 0 Å². The predicted molar refractivity (Wildman–Crippen MR) is 91.0 cm³/mol. The van der Waals surface area contributed by atoms with Crippen molar-refractivity contribution in [1.29, 1.82) is 0 Å². The summed E-state index contributed by atoms with van der Waals surface area (Å²) < 4.78 is 4.70. The molecular formula is C19H25NO4. The van der Waals surface area contributed by atoms with E-state index in [4.69, 9.17) is 4.74 Å². The molecule has 24 heavy (non-hydrogen) atoms. The summed E-state index contributed by atoms with van der Waals surface area (Å²) in [5.41, 5.74) is -0.234. The molecule has 3 atom stereocenters. The van der Waals surface area contributed by atoms with Crippen molar-refractivity contribution < 1.29 is 19.4 Å². The van der Waals surface area contributed by atoms with Crippen LogP contribution in [0.3, 0.4) is 0 Å². The standard InChI is InChI=1S/C19H25NO4/c1-17(2)12-9-10-18(17,3)19(11-12,15(21)22)13-7-5-6-8-14(13)20-16(23)24-4/h5-8,12H,9-11H2,1-4H3,(H,20,23)(H,21,22)/t12-,18-,19?/m1/s1. The van der Waals surface area contributed by atoms with Crippen molar-refractivity contribution in [3.63, 3.8) is 0 Å². The van der Waals surface area contributed by atoms with Crippen LogP contribution in [0.2, 0.25) is 0 Å². The predicted octanol–water partition coefficient (Wildman–Crippen LogP) is 4.03. The van der Waals surface area contributed by atoms with Crippen molar-refractivity contribution in [2.24, 2.45) is 16.7 Å². The third kappa shape index (κ3) is 1.87. The molecule has 0 heterocycles. The van der Waals surface area contributed by atoms with E-state index in [1.54, 1.807) is 12.1 Å². The number of carbonyl (C=O) groups is 2. The van der Waals surface area contributed by atoms with Crippen molar-refractivity contribution in [3.05, 3.63) is 29.8 Å². The lowest BCUT2D eigenvalue weighted by atomic mass is 9.55. The highest BCUT2D eigenvalue weighted by Crippen LogP contribution is 2.74. The Hall–Kier alpha value is -2.04. The molecule has 0 aliphatic heterocycles. The van der Waals surface area contributed by atoms with Gasteiger partial charge in [-0.05, 0) is 47.6 Å². The Morgan fingerprint density at radius 2 is 1.92 bits per heavy atom. The summed E-state index contributed by atoms with van der Waals surface area (Å²) in [5.74, 6) is -0.441. The van der Waals surface area contributed by atoms with Crippen LogP contribution in [-0.2, 0) is 14.9 Å². The van der Waals surface area contributed by atoms with Gasteiger partial charge in [0.1, 0.15) is 5.41 Å². The van der Waals surface area contributed by atoms with Crippen LogP contribution in [0, 0.1) is 16.7 Å². The molecule has 5 heteroatoms. The number of rotatable bonds is 3. The quantitative estimate of drug-likeness (QED) is 0.876. The number of benzene rings is 1. The van der Waals surface area contributed by atoms with E-state index in [0.29, 0.717) is 23.6 Å². The highest BCUT2D eigenvalue weighted by Gasteiger charge is 2.72. The highest BCUT2D eigenvalue weighted by atomic mass is 16.5. The molecule has 5 nitrogen and oxygen atoms in total. The summed E-state index contributed by atoms with van der Waals surface area (Å²) in [7, 11) is 1.30.